The number of para-hydroxylation sites is 1. The lowest BCUT2D eigenvalue weighted by Gasteiger charge is -2.14. The van der Waals surface area contributed by atoms with Gasteiger partial charge in [-0.15, -0.1) is 11.3 Å². The van der Waals surface area contributed by atoms with Gasteiger partial charge in [0.05, 0.1) is 40.7 Å². The largest absolute Gasteiger partial charge is 0.443 e. The van der Waals surface area contributed by atoms with E-state index in [4.69, 9.17) is 4.42 Å². The van der Waals surface area contributed by atoms with Crippen LogP contribution in [0.5, 0.6) is 0 Å². The van der Waals surface area contributed by atoms with Crippen LogP contribution in [0.1, 0.15) is 11.3 Å². The zero-order valence-corrected chi connectivity index (χ0v) is 18.7. The number of pyridine rings is 1. The van der Waals surface area contributed by atoms with Gasteiger partial charge in [0.15, 0.2) is 12.2 Å². The van der Waals surface area contributed by atoms with E-state index in [0.717, 1.165) is 33.5 Å². The van der Waals surface area contributed by atoms with Crippen molar-refractivity contribution in [3.05, 3.63) is 78.8 Å². The van der Waals surface area contributed by atoms with Gasteiger partial charge < -0.3 is 9.73 Å². The molecule has 4 aromatic heterocycles. The van der Waals surface area contributed by atoms with E-state index in [9.17, 15) is 8.42 Å². The number of benzene rings is 1. The molecule has 0 atom stereocenters. The molecule has 164 valence electrons. The average molecular weight is 477 g/mol. The summed E-state index contributed by atoms with van der Waals surface area (Å²) in [5.41, 5.74) is 3.10. The summed E-state index contributed by atoms with van der Waals surface area (Å²) in [5.74, 6) is 1.11. The number of anilines is 2. The number of oxazole rings is 1. The topological polar surface area (TPSA) is 114 Å². The zero-order valence-electron chi connectivity index (χ0n) is 17.0. The van der Waals surface area contributed by atoms with Gasteiger partial charge >= 0.3 is 0 Å². The van der Waals surface area contributed by atoms with E-state index >= 15 is 0 Å². The summed E-state index contributed by atoms with van der Waals surface area (Å²) in [6.07, 6.45) is 6.05. The minimum Gasteiger partial charge on any atom is -0.443 e. The molecule has 1 aliphatic rings. The van der Waals surface area contributed by atoms with Gasteiger partial charge in [0.2, 0.25) is 0 Å². The van der Waals surface area contributed by atoms with Crippen molar-refractivity contribution in [1.29, 1.82) is 0 Å². The highest BCUT2D eigenvalue weighted by molar-refractivity contribution is 7.91. The molecule has 0 unspecified atom stereocenters. The van der Waals surface area contributed by atoms with Gasteiger partial charge in [-0.1, -0.05) is 18.2 Å². The predicted octanol–water partition coefficient (Wildman–Crippen LogP) is 4.19. The van der Waals surface area contributed by atoms with Crippen LogP contribution in [0.15, 0.2) is 76.2 Å². The molecular formula is C22H16N6O3S2. The van der Waals surface area contributed by atoms with Crippen LogP contribution in [0, 0.1) is 0 Å². The maximum atomic E-state index is 13.3. The number of sulfonamides is 1. The van der Waals surface area contributed by atoms with E-state index in [2.05, 4.69) is 25.3 Å². The summed E-state index contributed by atoms with van der Waals surface area (Å²) in [4.78, 5) is 17.7. The van der Waals surface area contributed by atoms with Crippen molar-refractivity contribution < 1.29 is 12.8 Å². The number of nitrogens with zero attached hydrogens (tertiary/aromatic N) is 5. The first-order valence-electron chi connectivity index (χ1n) is 10.0. The minimum absolute atomic E-state index is 0.178. The van der Waals surface area contributed by atoms with Crippen molar-refractivity contribution in [3.63, 3.8) is 0 Å². The molecule has 0 fully saturated rings. The van der Waals surface area contributed by atoms with Crippen LogP contribution in [-0.2, 0) is 23.1 Å². The molecular weight excluding hydrogens is 460 g/mol. The van der Waals surface area contributed by atoms with Crippen LogP contribution >= 0.6 is 11.3 Å². The second-order valence-corrected chi connectivity index (χ2v) is 10.7. The molecule has 0 saturated carbocycles. The summed E-state index contributed by atoms with van der Waals surface area (Å²) in [5, 5.41) is 4.28. The molecule has 5 heterocycles. The first-order chi connectivity index (χ1) is 16.1. The highest BCUT2D eigenvalue weighted by Gasteiger charge is 2.34. The fraction of sp³-hybridized carbons (Fsp3) is 0.0909. The molecule has 1 aliphatic heterocycles. The first-order valence-corrected chi connectivity index (χ1v) is 12.3. The van der Waals surface area contributed by atoms with Crippen molar-refractivity contribution >= 4 is 43.8 Å². The summed E-state index contributed by atoms with van der Waals surface area (Å²) >= 11 is 1.15. The van der Waals surface area contributed by atoms with E-state index < -0.39 is 10.0 Å². The highest BCUT2D eigenvalue weighted by Crippen LogP contribution is 2.36. The van der Waals surface area contributed by atoms with Crippen molar-refractivity contribution in [2.45, 2.75) is 17.3 Å². The molecule has 9 nitrogen and oxygen atoms in total. The van der Waals surface area contributed by atoms with Crippen LogP contribution in [0.2, 0.25) is 0 Å². The Labute approximate surface area is 192 Å². The minimum atomic E-state index is -3.71. The van der Waals surface area contributed by atoms with Gasteiger partial charge in [-0.2, -0.15) is 4.31 Å². The van der Waals surface area contributed by atoms with Crippen LogP contribution in [-0.4, -0.2) is 32.7 Å². The Morgan fingerprint density at radius 1 is 1.03 bits per heavy atom. The summed E-state index contributed by atoms with van der Waals surface area (Å²) in [6.45, 7) is 0.359. The molecule has 11 heteroatoms. The molecule has 0 saturated heterocycles. The predicted molar refractivity (Wildman–Crippen MR) is 123 cm³/mol. The SMILES string of the molecule is O=S(=O)(c1ccc(-c2cnco2)s1)N1Cc2ncnc(Nc3cnc4ccccc4c3)c2C1. The lowest BCUT2D eigenvalue weighted by Crippen LogP contribution is -2.25. The molecule has 1 N–H and O–H groups in total. The third-order valence-corrected chi connectivity index (χ3v) is 8.76. The molecule has 0 bridgehead atoms. The fourth-order valence-corrected chi connectivity index (χ4v) is 6.54. The summed E-state index contributed by atoms with van der Waals surface area (Å²) in [6, 6.07) is 13.1. The van der Waals surface area contributed by atoms with Crippen LogP contribution in [0.4, 0.5) is 11.5 Å². The number of hydrogen-bond acceptors (Lipinski definition) is 9. The lowest BCUT2D eigenvalue weighted by atomic mass is 10.2. The van der Waals surface area contributed by atoms with Crippen molar-refractivity contribution in [2.24, 2.45) is 0 Å². The smallest absolute Gasteiger partial charge is 0.253 e. The van der Waals surface area contributed by atoms with Gasteiger partial charge in [0.25, 0.3) is 10.0 Å². The number of nitrogens with one attached hydrogen (secondary N) is 1. The van der Waals surface area contributed by atoms with E-state index in [1.54, 1.807) is 24.5 Å². The Kier molecular flexibility index (Phi) is 4.68. The second kappa shape index (κ2) is 7.73. The molecule has 6 rings (SSSR count). The number of rotatable bonds is 5. The summed E-state index contributed by atoms with van der Waals surface area (Å²) < 4.78 is 33.6. The molecule has 1 aromatic carbocycles. The molecule has 5 aromatic rings. The fourth-order valence-electron chi connectivity index (χ4n) is 3.76. The number of aromatic nitrogens is 4. The van der Waals surface area contributed by atoms with Gasteiger partial charge in [0, 0.05) is 17.5 Å². The Bertz CT molecular complexity index is 1580. The highest BCUT2D eigenvalue weighted by atomic mass is 32.2. The van der Waals surface area contributed by atoms with E-state index in [1.807, 2.05) is 30.3 Å². The maximum Gasteiger partial charge on any atom is 0.253 e. The number of hydrogen-bond donors (Lipinski definition) is 1. The quantitative estimate of drug-likeness (QED) is 0.402. The Morgan fingerprint density at radius 3 is 2.82 bits per heavy atom. The van der Waals surface area contributed by atoms with Gasteiger partial charge in [-0.3, -0.25) is 4.98 Å². The molecule has 0 aliphatic carbocycles. The van der Waals surface area contributed by atoms with Crippen molar-refractivity contribution in [2.75, 3.05) is 5.32 Å². The first kappa shape index (κ1) is 20.0. The van der Waals surface area contributed by atoms with Crippen molar-refractivity contribution in [1.82, 2.24) is 24.2 Å². The van der Waals surface area contributed by atoms with E-state index in [1.165, 1.54) is 17.0 Å². The molecule has 0 amide bonds. The Morgan fingerprint density at radius 2 is 1.94 bits per heavy atom. The lowest BCUT2D eigenvalue weighted by molar-refractivity contribution is 0.431. The van der Waals surface area contributed by atoms with E-state index in [0.29, 0.717) is 22.1 Å². The van der Waals surface area contributed by atoms with E-state index in [-0.39, 0.29) is 17.3 Å². The normalized spacial score (nSPS) is 13.9. The Hall–Kier alpha value is -3.67. The van der Waals surface area contributed by atoms with Gasteiger partial charge in [-0.25, -0.2) is 23.4 Å². The average Bonchev–Trinajstić information content (AvgIpc) is 3.59. The third-order valence-electron chi connectivity index (χ3n) is 5.40. The molecule has 0 radical (unpaired) electrons. The van der Waals surface area contributed by atoms with Crippen molar-refractivity contribution in [3.8, 4) is 10.6 Å². The Balaban J connectivity index is 1.28. The third kappa shape index (κ3) is 3.55. The number of fused-ring (bicyclic) bond motifs is 2. The maximum absolute atomic E-state index is 13.3. The molecule has 0 spiro atoms. The van der Waals surface area contributed by atoms with Crippen LogP contribution in [0.3, 0.4) is 0 Å². The number of thiophene rings is 1. The monoisotopic (exact) mass is 476 g/mol. The van der Waals surface area contributed by atoms with Crippen LogP contribution in [0.25, 0.3) is 21.5 Å². The van der Waals surface area contributed by atoms with Crippen LogP contribution < -0.4 is 5.32 Å². The zero-order chi connectivity index (χ0) is 22.4. The standard InChI is InChI=1S/C22H16N6O3S2/c29-33(30,21-6-5-20(32-21)19-9-23-13-31-19)28-10-16-18(11-28)25-12-26-22(16)27-15-7-14-3-1-2-4-17(14)24-8-15/h1-9,12-13H,10-11H2,(H,25,26,27). The second-order valence-electron chi connectivity index (χ2n) is 7.45. The molecule has 33 heavy (non-hydrogen) atoms. The van der Waals surface area contributed by atoms with Gasteiger partial charge in [-0.05, 0) is 24.3 Å². The van der Waals surface area contributed by atoms with Gasteiger partial charge in [0.1, 0.15) is 16.4 Å². The summed E-state index contributed by atoms with van der Waals surface area (Å²) in [7, 11) is -3.71.